The molecule has 0 aliphatic carbocycles. The number of nitrogens with zero attached hydrogens (tertiary/aromatic N) is 4. The van der Waals surface area contributed by atoms with Crippen LogP contribution in [-0.2, 0) is 13.2 Å². The molecule has 2 aromatic carbocycles. The van der Waals surface area contributed by atoms with Gasteiger partial charge in [-0.2, -0.15) is 0 Å². The van der Waals surface area contributed by atoms with Crippen molar-refractivity contribution in [1.29, 1.82) is 0 Å². The number of ether oxygens (including phenoxy) is 2. The molecule has 142 valence electrons. The lowest BCUT2D eigenvalue weighted by molar-refractivity contribution is 0.301. The van der Waals surface area contributed by atoms with Crippen LogP contribution in [0.5, 0.6) is 11.5 Å². The summed E-state index contributed by atoms with van der Waals surface area (Å²) in [4.78, 5) is 4.45. The molecule has 2 heterocycles. The Morgan fingerprint density at radius 2 is 1.79 bits per heavy atom. The number of benzene rings is 2. The predicted octanol–water partition coefficient (Wildman–Crippen LogP) is 4.77. The summed E-state index contributed by atoms with van der Waals surface area (Å²) in [6.07, 6.45) is 1.82. The van der Waals surface area contributed by atoms with Gasteiger partial charge in [-0.05, 0) is 48.5 Å². The molecule has 0 fully saturated rings. The van der Waals surface area contributed by atoms with E-state index in [9.17, 15) is 0 Å². The van der Waals surface area contributed by atoms with Crippen LogP contribution < -0.4 is 9.47 Å². The molecule has 8 heteroatoms. The van der Waals surface area contributed by atoms with Crippen molar-refractivity contribution in [2.45, 2.75) is 13.2 Å². The van der Waals surface area contributed by atoms with Gasteiger partial charge < -0.3 is 9.47 Å². The van der Waals surface area contributed by atoms with Gasteiger partial charge in [0.1, 0.15) is 29.0 Å². The van der Waals surface area contributed by atoms with Gasteiger partial charge in [0.15, 0.2) is 0 Å². The lowest BCUT2D eigenvalue weighted by Gasteiger charge is -2.07. The van der Waals surface area contributed by atoms with Gasteiger partial charge in [0.25, 0.3) is 0 Å². The van der Waals surface area contributed by atoms with Crippen molar-refractivity contribution in [3.63, 3.8) is 0 Å². The van der Waals surface area contributed by atoms with Gasteiger partial charge in [-0.3, -0.25) is 0 Å². The standard InChI is InChI=1S/C20H16Cl2N4O2/c1-27-18-6-7-19-13(9-18)8-14(20(22)23-19)10-26-11-16(24-25-26)12-28-17-4-2-15(21)3-5-17/h2-9,11H,10,12H2,1H3. The van der Waals surface area contributed by atoms with Gasteiger partial charge in [0.2, 0.25) is 0 Å². The molecule has 0 bridgehead atoms. The van der Waals surface area contributed by atoms with Crippen molar-refractivity contribution in [1.82, 2.24) is 20.0 Å². The van der Waals surface area contributed by atoms with Crippen molar-refractivity contribution >= 4 is 34.1 Å². The maximum atomic E-state index is 6.35. The van der Waals surface area contributed by atoms with Gasteiger partial charge in [-0.15, -0.1) is 5.10 Å². The number of hydrogen-bond donors (Lipinski definition) is 0. The maximum Gasteiger partial charge on any atom is 0.134 e. The minimum Gasteiger partial charge on any atom is -0.497 e. The van der Waals surface area contributed by atoms with E-state index in [2.05, 4.69) is 15.3 Å². The maximum absolute atomic E-state index is 6.35. The topological polar surface area (TPSA) is 62.1 Å². The molecular weight excluding hydrogens is 399 g/mol. The van der Waals surface area contributed by atoms with Crippen LogP contribution in [0.15, 0.2) is 54.7 Å². The number of hydrogen-bond acceptors (Lipinski definition) is 5. The number of pyridine rings is 1. The number of aromatic nitrogens is 4. The summed E-state index contributed by atoms with van der Waals surface area (Å²) in [7, 11) is 1.63. The lowest BCUT2D eigenvalue weighted by atomic mass is 10.1. The largest absolute Gasteiger partial charge is 0.497 e. The molecular formula is C20H16Cl2N4O2. The third-order valence-corrected chi connectivity index (χ3v) is 4.75. The Morgan fingerprint density at radius 1 is 1.00 bits per heavy atom. The Morgan fingerprint density at radius 3 is 2.57 bits per heavy atom. The van der Waals surface area contributed by atoms with Crippen molar-refractivity contribution in [2.75, 3.05) is 7.11 Å². The van der Waals surface area contributed by atoms with Crippen LogP contribution >= 0.6 is 23.2 Å². The second-order valence-corrected chi connectivity index (χ2v) is 6.94. The van der Waals surface area contributed by atoms with Crippen molar-refractivity contribution in [3.8, 4) is 11.5 Å². The van der Waals surface area contributed by atoms with E-state index >= 15 is 0 Å². The minimum atomic E-state index is 0.308. The Bertz CT molecular complexity index is 1110. The van der Waals surface area contributed by atoms with Gasteiger partial charge in [-0.25, -0.2) is 9.67 Å². The zero-order valence-corrected chi connectivity index (χ0v) is 16.5. The molecule has 6 nitrogen and oxygen atoms in total. The number of halogens is 2. The van der Waals surface area contributed by atoms with Crippen LogP contribution in [-0.4, -0.2) is 27.1 Å². The van der Waals surface area contributed by atoms with Crippen LogP contribution in [0.2, 0.25) is 10.2 Å². The second-order valence-electron chi connectivity index (χ2n) is 6.15. The highest BCUT2D eigenvalue weighted by Crippen LogP contribution is 2.25. The van der Waals surface area contributed by atoms with Crippen molar-refractivity contribution in [2.24, 2.45) is 0 Å². The fourth-order valence-corrected chi connectivity index (χ4v) is 3.09. The first-order chi connectivity index (χ1) is 13.6. The molecule has 0 aliphatic rings. The summed E-state index contributed by atoms with van der Waals surface area (Å²) in [5, 5.41) is 10.3. The smallest absolute Gasteiger partial charge is 0.134 e. The molecule has 0 radical (unpaired) electrons. The molecule has 0 aliphatic heterocycles. The molecule has 0 atom stereocenters. The monoisotopic (exact) mass is 414 g/mol. The predicted molar refractivity (Wildman–Crippen MR) is 108 cm³/mol. The van der Waals surface area contributed by atoms with Crippen LogP contribution in [0.25, 0.3) is 10.9 Å². The van der Waals surface area contributed by atoms with Crippen LogP contribution in [0.1, 0.15) is 11.3 Å². The molecule has 0 unspecified atom stereocenters. The highest BCUT2D eigenvalue weighted by atomic mass is 35.5. The number of rotatable bonds is 6. The molecule has 4 rings (SSSR count). The van der Waals surface area contributed by atoms with E-state index in [0.717, 1.165) is 28.0 Å². The lowest BCUT2D eigenvalue weighted by Crippen LogP contribution is -2.02. The fourth-order valence-electron chi connectivity index (χ4n) is 2.76. The minimum absolute atomic E-state index is 0.308. The summed E-state index contributed by atoms with van der Waals surface area (Å²) in [6, 6.07) is 14.8. The first kappa shape index (κ1) is 18.5. The van der Waals surface area contributed by atoms with E-state index in [1.807, 2.05) is 42.6 Å². The Labute approximate surface area is 171 Å². The molecule has 0 spiro atoms. The van der Waals surface area contributed by atoms with Gasteiger partial charge in [-0.1, -0.05) is 28.4 Å². The molecule has 0 saturated heterocycles. The summed E-state index contributed by atoms with van der Waals surface area (Å²) in [6.45, 7) is 0.759. The summed E-state index contributed by atoms with van der Waals surface area (Å²) in [5.41, 5.74) is 2.36. The van der Waals surface area contributed by atoms with E-state index < -0.39 is 0 Å². The third-order valence-electron chi connectivity index (χ3n) is 4.17. The summed E-state index contributed by atoms with van der Waals surface area (Å²) in [5.74, 6) is 1.49. The van der Waals surface area contributed by atoms with E-state index in [0.29, 0.717) is 29.0 Å². The van der Waals surface area contributed by atoms with Gasteiger partial charge in [0.05, 0.1) is 25.4 Å². The second kappa shape index (κ2) is 8.04. The van der Waals surface area contributed by atoms with E-state index in [1.54, 1.807) is 23.9 Å². The summed E-state index contributed by atoms with van der Waals surface area (Å²) < 4.78 is 12.7. The first-order valence-corrected chi connectivity index (χ1v) is 9.27. The van der Waals surface area contributed by atoms with Crippen LogP contribution in [0.3, 0.4) is 0 Å². The Kier molecular flexibility index (Phi) is 5.32. The van der Waals surface area contributed by atoms with Crippen molar-refractivity contribution < 1.29 is 9.47 Å². The van der Waals surface area contributed by atoms with Gasteiger partial charge in [0, 0.05) is 16.0 Å². The number of methoxy groups -OCH3 is 1. The van der Waals surface area contributed by atoms with Crippen LogP contribution in [0, 0.1) is 0 Å². The third kappa shape index (κ3) is 4.18. The van der Waals surface area contributed by atoms with Crippen LogP contribution in [0.4, 0.5) is 0 Å². The first-order valence-electron chi connectivity index (χ1n) is 8.51. The molecule has 4 aromatic rings. The molecule has 0 N–H and O–H groups in total. The molecule has 2 aromatic heterocycles. The zero-order valence-electron chi connectivity index (χ0n) is 15.0. The average molecular weight is 415 g/mol. The highest BCUT2D eigenvalue weighted by Gasteiger charge is 2.09. The Balaban J connectivity index is 1.48. The molecule has 0 saturated carbocycles. The molecule has 0 amide bonds. The van der Waals surface area contributed by atoms with Crippen molar-refractivity contribution in [3.05, 3.63) is 76.2 Å². The zero-order chi connectivity index (χ0) is 19.5. The number of fused-ring (bicyclic) bond motifs is 1. The van der Waals surface area contributed by atoms with E-state index in [1.165, 1.54) is 0 Å². The summed E-state index contributed by atoms with van der Waals surface area (Å²) >= 11 is 12.2. The van der Waals surface area contributed by atoms with Gasteiger partial charge >= 0.3 is 0 Å². The molecule has 28 heavy (non-hydrogen) atoms. The highest BCUT2D eigenvalue weighted by molar-refractivity contribution is 6.30. The Hall–Kier alpha value is -2.83. The fraction of sp³-hybridized carbons (Fsp3) is 0.150. The van der Waals surface area contributed by atoms with E-state index in [-0.39, 0.29) is 0 Å². The quantitative estimate of drug-likeness (QED) is 0.425. The van der Waals surface area contributed by atoms with E-state index in [4.69, 9.17) is 32.7 Å². The average Bonchev–Trinajstić information content (AvgIpc) is 3.15. The normalized spacial score (nSPS) is 11.0. The SMILES string of the molecule is COc1ccc2nc(Cl)c(Cn3cc(COc4ccc(Cl)cc4)nn3)cc2c1.